The summed E-state index contributed by atoms with van der Waals surface area (Å²) in [5, 5.41) is 9.23. The SMILES string of the molecule is CC1CN(C(=O)Cn2cnc3ccccc32)CC(CO)O1. The first-order chi connectivity index (χ1) is 10.2. The van der Waals surface area contributed by atoms with E-state index in [2.05, 4.69) is 4.98 Å². The van der Waals surface area contributed by atoms with Crippen LogP contribution in [0.5, 0.6) is 0 Å². The van der Waals surface area contributed by atoms with E-state index >= 15 is 0 Å². The number of ether oxygens (including phenoxy) is 1. The lowest BCUT2D eigenvalue weighted by Crippen LogP contribution is -2.51. The summed E-state index contributed by atoms with van der Waals surface area (Å²) in [7, 11) is 0. The summed E-state index contributed by atoms with van der Waals surface area (Å²) in [5.41, 5.74) is 1.83. The molecule has 1 aromatic heterocycles. The molecular formula is C15H19N3O3. The maximum absolute atomic E-state index is 12.5. The number of amides is 1. The number of carbonyl (C=O) groups is 1. The van der Waals surface area contributed by atoms with Gasteiger partial charge in [0.1, 0.15) is 6.54 Å². The van der Waals surface area contributed by atoms with E-state index in [0.29, 0.717) is 13.1 Å². The zero-order chi connectivity index (χ0) is 14.8. The Morgan fingerprint density at radius 1 is 1.43 bits per heavy atom. The highest BCUT2D eigenvalue weighted by molar-refractivity contribution is 5.80. The van der Waals surface area contributed by atoms with Crippen LogP contribution in [0.1, 0.15) is 6.92 Å². The van der Waals surface area contributed by atoms with Crippen molar-refractivity contribution >= 4 is 16.9 Å². The van der Waals surface area contributed by atoms with Gasteiger partial charge in [0.15, 0.2) is 0 Å². The molecule has 2 aromatic rings. The number of rotatable bonds is 3. The van der Waals surface area contributed by atoms with Crippen LogP contribution in [-0.4, -0.2) is 57.4 Å². The molecule has 21 heavy (non-hydrogen) atoms. The van der Waals surface area contributed by atoms with E-state index in [4.69, 9.17) is 4.74 Å². The highest BCUT2D eigenvalue weighted by Gasteiger charge is 2.28. The number of imidazole rings is 1. The quantitative estimate of drug-likeness (QED) is 0.900. The standard InChI is InChI=1S/C15H19N3O3/c1-11-6-17(7-12(9-19)21-11)15(20)8-18-10-16-13-4-2-3-5-14(13)18/h2-5,10-12,19H,6-9H2,1H3. The lowest BCUT2D eigenvalue weighted by Gasteiger charge is -2.36. The van der Waals surface area contributed by atoms with Gasteiger partial charge in [0, 0.05) is 13.1 Å². The summed E-state index contributed by atoms with van der Waals surface area (Å²) in [4.78, 5) is 18.5. The third-order valence-electron chi connectivity index (χ3n) is 3.72. The van der Waals surface area contributed by atoms with Gasteiger partial charge < -0.3 is 19.3 Å². The molecule has 1 N–H and O–H groups in total. The molecule has 2 atom stereocenters. The van der Waals surface area contributed by atoms with Crippen LogP contribution in [0, 0.1) is 0 Å². The van der Waals surface area contributed by atoms with E-state index in [1.54, 1.807) is 11.2 Å². The predicted molar refractivity (Wildman–Crippen MR) is 77.7 cm³/mol. The van der Waals surface area contributed by atoms with Crippen LogP contribution in [-0.2, 0) is 16.1 Å². The van der Waals surface area contributed by atoms with E-state index < -0.39 is 0 Å². The molecular weight excluding hydrogens is 270 g/mol. The van der Waals surface area contributed by atoms with E-state index in [-0.39, 0.29) is 31.3 Å². The maximum Gasteiger partial charge on any atom is 0.242 e. The highest BCUT2D eigenvalue weighted by atomic mass is 16.5. The molecule has 6 nitrogen and oxygen atoms in total. The number of nitrogens with zero attached hydrogens (tertiary/aromatic N) is 3. The van der Waals surface area contributed by atoms with Crippen molar-refractivity contribution in [3.05, 3.63) is 30.6 Å². The summed E-state index contributed by atoms with van der Waals surface area (Å²) >= 11 is 0. The number of para-hydroxylation sites is 2. The summed E-state index contributed by atoms with van der Waals surface area (Å²) in [6.45, 7) is 3.09. The molecule has 0 bridgehead atoms. The van der Waals surface area contributed by atoms with Crippen LogP contribution in [0.4, 0.5) is 0 Å². The molecule has 0 aliphatic carbocycles. The van der Waals surface area contributed by atoms with Crippen LogP contribution in [0.25, 0.3) is 11.0 Å². The first-order valence-corrected chi connectivity index (χ1v) is 7.11. The third-order valence-corrected chi connectivity index (χ3v) is 3.72. The van der Waals surface area contributed by atoms with Gasteiger partial charge in [-0.2, -0.15) is 0 Å². The Labute approximate surface area is 122 Å². The number of benzene rings is 1. The smallest absolute Gasteiger partial charge is 0.242 e. The number of hydrogen-bond acceptors (Lipinski definition) is 4. The Kier molecular flexibility index (Phi) is 3.90. The van der Waals surface area contributed by atoms with Crippen molar-refractivity contribution in [2.75, 3.05) is 19.7 Å². The van der Waals surface area contributed by atoms with Crippen LogP contribution >= 0.6 is 0 Å². The molecule has 1 amide bonds. The second kappa shape index (κ2) is 5.83. The number of fused-ring (bicyclic) bond motifs is 1. The van der Waals surface area contributed by atoms with E-state index in [1.165, 1.54) is 0 Å². The van der Waals surface area contributed by atoms with Gasteiger partial charge in [-0.1, -0.05) is 12.1 Å². The Morgan fingerprint density at radius 2 is 2.24 bits per heavy atom. The lowest BCUT2D eigenvalue weighted by atomic mass is 10.2. The van der Waals surface area contributed by atoms with E-state index in [9.17, 15) is 9.90 Å². The first-order valence-electron chi connectivity index (χ1n) is 7.11. The molecule has 2 heterocycles. The van der Waals surface area contributed by atoms with Crippen molar-refractivity contribution in [1.82, 2.24) is 14.5 Å². The van der Waals surface area contributed by atoms with Crippen molar-refractivity contribution in [2.45, 2.75) is 25.7 Å². The van der Waals surface area contributed by atoms with Gasteiger partial charge in [-0.05, 0) is 19.1 Å². The molecule has 0 spiro atoms. The molecule has 1 aliphatic heterocycles. The number of aliphatic hydroxyl groups excluding tert-OH is 1. The largest absolute Gasteiger partial charge is 0.394 e. The van der Waals surface area contributed by atoms with Crippen molar-refractivity contribution < 1.29 is 14.6 Å². The van der Waals surface area contributed by atoms with Gasteiger partial charge in [0.25, 0.3) is 0 Å². The van der Waals surface area contributed by atoms with Crippen LogP contribution in [0.3, 0.4) is 0 Å². The molecule has 1 saturated heterocycles. The van der Waals surface area contributed by atoms with Gasteiger partial charge in [-0.3, -0.25) is 4.79 Å². The average molecular weight is 289 g/mol. The van der Waals surface area contributed by atoms with Gasteiger partial charge in [0.2, 0.25) is 5.91 Å². The second-order valence-electron chi connectivity index (χ2n) is 5.41. The lowest BCUT2D eigenvalue weighted by molar-refractivity contribution is -0.147. The molecule has 1 fully saturated rings. The highest BCUT2D eigenvalue weighted by Crippen LogP contribution is 2.14. The molecule has 2 unspecified atom stereocenters. The Balaban J connectivity index is 1.74. The molecule has 1 aromatic carbocycles. The van der Waals surface area contributed by atoms with Crippen molar-refractivity contribution in [1.29, 1.82) is 0 Å². The first kappa shape index (κ1) is 14.0. The van der Waals surface area contributed by atoms with Gasteiger partial charge in [-0.25, -0.2) is 4.98 Å². The third kappa shape index (κ3) is 2.91. The predicted octanol–water partition coefficient (Wildman–Crippen LogP) is 0.644. The van der Waals surface area contributed by atoms with Crippen LogP contribution in [0.2, 0.25) is 0 Å². The minimum Gasteiger partial charge on any atom is -0.394 e. The Hall–Kier alpha value is -1.92. The number of morpholine rings is 1. The summed E-state index contributed by atoms with van der Waals surface area (Å²) in [5.74, 6) is 0.0201. The second-order valence-corrected chi connectivity index (χ2v) is 5.41. The molecule has 6 heteroatoms. The average Bonchev–Trinajstić information content (AvgIpc) is 2.90. The Bertz CT molecular complexity index is 640. The zero-order valence-electron chi connectivity index (χ0n) is 12.0. The topological polar surface area (TPSA) is 67.6 Å². The fraction of sp³-hybridized carbons (Fsp3) is 0.467. The fourth-order valence-corrected chi connectivity index (χ4v) is 2.73. The van der Waals surface area contributed by atoms with Gasteiger partial charge in [-0.15, -0.1) is 0 Å². The molecule has 0 saturated carbocycles. The maximum atomic E-state index is 12.5. The monoisotopic (exact) mass is 289 g/mol. The minimum atomic E-state index is -0.294. The molecule has 3 rings (SSSR count). The molecule has 0 radical (unpaired) electrons. The van der Waals surface area contributed by atoms with Gasteiger partial charge >= 0.3 is 0 Å². The van der Waals surface area contributed by atoms with E-state index in [1.807, 2.05) is 35.8 Å². The molecule has 112 valence electrons. The normalized spacial score (nSPS) is 22.7. The minimum absolute atomic E-state index is 0.0201. The summed E-state index contributed by atoms with van der Waals surface area (Å²) in [6.07, 6.45) is 1.34. The molecule has 1 aliphatic rings. The fourth-order valence-electron chi connectivity index (χ4n) is 2.73. The number of aliphatic hydroxyl groups is 1. The van der Waals surface area contributed by atoms with Crippen molar-refractivity contribution in [3.8, 4) is 0 Å². The number of aromatic nitrogens is 2. The van der Waals surface area contributed by atoms with Crippen LogP contribution in [0.15, 0.2) is 30.6 Å². The number of hydrogen-bond donors (Lipinski definition) is 1. The number of carbonyl (C=O) groups excluding carboxylic acids is 1. The Morgan fingerprint density at radius 3 is 3.05 bits per heavy atom. The van der Waals surface area contributed by atoms with Crippen molar-refractivity contribution in [3.63, 3.8) is 0 Å². The van der Waals surface area contributed by atoms with Gasteiger partial charge in [0.05, 0.1) is 36.2 Å². The zero-order valence-corrected chi connectivity index (χ0v) is 12.0. The summed E-state index contributed by atoms with van der Waals surface area (Å²) < 4.78 is 7.41. The summed E-state index contributed by atoms with van der Waals surface area (Å²) in [6, 6.07) is 7.74. The van der Waals surface area contributed by atoms with E-state index in [0.717, 1.165) is 11.0 Å². The van der Waals surface area contributed by atoms with Crippen molar-refractivity contribution in [2.24, 2.45) is 0 Å². The van der Waals surface area contributed by atoms with Crippen LogP contribution < -0.4 is 0 Å².